The maximum Gasteiger partial charge on any atom is 0.252 e. The number of likely N-dealkylation sites (N-methyl/N-ethyl adjacent to an activating group) is 1. The highest BCUT2D eigenvalue weighted by molar-refractivity contribution is 5.96. The lowest BCUT2D eigenvalue weighted by Crippen LogP contribution is -2.38. The highest BCUT2D eigenvalue weighted by Gasteiger charge is 2.11. The maximum absolute atomic E-state index is 12.1. The summed E-state index contributed by atoms with van der Waals surface area (Å²) in [6, 6.07) is 7.58. The first-order valence-electron chi connectivity index (χ1n) is 6.29. The number of nitrogens with zero attached hydrogens (tertiary/aromatic N) is 1. The molecule has 1 rings (SSSR count). The molecule has 1 aromatic rings. The van der Waals surface area contributed by atoms with Crippen LogP contribution in [0.1, 0.15) is 22.8 Å². The second-order valence-electron chi connectivity index (χ2n) is 4.57. The van der Waals surface area contributed by atoms with E-state index in [1.165, 1.54) is 0 Å². The van der Waals surface area contributed by atoms with Crippen molar-refractivity contribution in [1.82, 2.24) is 10.2 Å². The van der Waals surface area contributed by atoms with E-state index < -0.39 is 0 Å². The molecule has 1 unspecified atom stereocenters. The van der Waals surface area contributed by atoms with E-state index in [0.717, 1.165) is 0 Å². The summed E-state index contributed by atoms with van der Waals surface area (Å²) in [5.41, 5.74) is 6.66. The SMILES string of the molecule is CC(CNC(=O)c1ccccc1C#CCN)N(C)C. The fourth-order valence-electron chi connectivity index (χ4n) is 1.45. The monoisotopic (exact) mass is 259 g/mol. The molecule has 0 aliphatic rings. The predicted octanol–water partition coefficient (Wildman–Crippen LogP) is 0.677. The van der Waals surface area contributed by atoms with Gasteiger partial charge in [-0.15, -0.1) is 0 Å². The van der Waals surface area contributed by atoms with Gasteiger partial charge >= 0.3 is 0 Å². The normalized spacial score (nSPS) is 11.6. The average Bonchev–Trinajstić information content (AvgIpc) is 2.42. The lowest BCUT2D eigenvalue weighted by atomic mass is 10.1. The number of rotatable bonds is 4. The Morgan fingerprint density at radius 2 is 2.11 bits per heavy atom. The summed E-state index contributed by atoms with van der Waals surface area (Å²) >= 11 is 0. The number of nitrogens with one attached hydrogen (secondary N) is 1. The Balaban J connectivity index is 2.77. The molecule has 0 aliphatic heterocycles. The van der Waals surface area contributed by atoms with Crippen molar-refractivity contribution >= 4 is 5.91 Å². The smallest absolute Gasteiger partial charge is 0.252 e. The Labute approximate surface area is 115 Å². The Kier molecular flexibility index (Phi) is 6.07. The number of carbonyl (C=O) groups is 1. The van der Waals surface area contributed by atoms with Gasteiger partial charge in [0.25, 0.3) is 5.91 Å². The second-order valence-corrected chi connectivity index (χ2v) is 4.57. The van der Waals surface area contributed by atoms with Gasteiger partial charge in [0, 0.05) is 18.2 Å². The Bertz CT molecular complexity index is 486. The summed E-state index contributed by atoms with van der Waals surface area (Å²) in [7, 11) is 3.97. The highest BCUT2D eigenvalue weighted by Crippen LogP contribution is 2.07. The minimum absolute atomic E-state index is 0.101. The first-order valence-corrected chi connectivity index (χ1v) is 6.29. The van der Waals surface area contributed by atoms with Crippen molar-refractivity contribution in [3.63, 3.8) is 0 Å². The summed E-state index contributed by atoms with van der Waals surface area (Å²) in [5.74, 6) is 5.59. The molecule has 3 N–H and O–H groups in total. The van der Waals surface area contributed by atoms with Crippen molar-refractivity contribution in [2.24, 2.45) is 5.73 Å². The molecule has 19 heavy (non-hydrogen) atoms. The lowest BCUT2D eigenvalue weighted by molar-refractivity contribution is 0.0943. The molecular formula is C15H21N3O. The largest absolute Gasteiger partial charge is 0.350 e. The molecule has 0 fully saturated rings. The van der Waals surface area contributed by atoms with Gasteiger partial charge in [0.1, 0.15) is 0 Å². The summed E-state index contributed by atoms with van der Waals surface area (Å²) < 4.78 is 0. The highest BCUT2D eigenvalue weighted by atomic mass is 16.1. The van der Waals surface area contributed by atoms with E-state index >= 15 is 0 Å². The summed E-state index contributed by atoms with van der Waals surface area (Å²) in [5, 5.41) is 2.92. The van der Waals surface area contributed by atoms with Gasteiger partial charge < -0.3 is 16.0 Å². The van der Waals surface area contributed by atoms with Crippen molar-refractivity contribution < 1.29 is 4.79 Å². The minimum Gasteiger partial charge on any atom is -0.350 e. The molecule has 0 spiro atoms. The number of nitrogens with two attached hydrogens (primary N) is 1. The number of hydrogen-bond acceptors (Lipinski definition) is 3. The number of carbonyl (C=O) groups excluding carboxylic acids is 1. The fraction of sp³-hybridized carbons (Fsp3) is 0.400. The van der Waals surface area contributed by atoms with Gasteiger partial charge in [-0.1, -0.05) is 24.0 Å². The molecule has 0 radical (unpaired) electrons. The zero-order valence-electron chi connectivity index (χ0n) is 11.7. The number of amides is 1. The van der Waals surface area contributed by atoms with Crippen LogP contribution in [-0.4, -0.2) is 44.0 Å². The van der Waals surface area contributed by atoms with Crippen molar-refractivity contribution in [2.75, 3.05) is 27.2 Å². The van der Waals surface area contributed by atoms with Gasteiger partial charge in [0.15, 0.2) is 0 Å². The van der Waals surface area contributed by atoms with E-state index in [9.17, 15) is 4.79 Å². The Morgan fingerprint density at radius 3 is 2.74 bits per heavy atom. The standard InChI is InChI=1S/C15H21N3O/c1-12(18(2)3)11-17-15(19)14-9-5-4-7-13(14)8-6-10-16/h4-5,7,9,12H,10-11,16H2,1-3H3,(H,17,19). The third-order valence-electron chi connectivity index (χ3n) is 2.94. The molecule has 4 nitrogen and oxygen atoms in total. The van der Waals surface area contributed by atoms with Crippen LogP contribution in [0.4, 0.5) is 0 Å². The van der Waals surface area contributed by atoms with Crippen LogP contribution in [0.25, 0.3) is 0 Å². The molecule has 0 bridgehead atoms. The summed E-state index contributed by atoms with van der Waals surface area (Å²) in [4.78, 5) is 14.2. The maximum atomic E-state index is 12.1. The number of benzene rings is 1. The quantitative estimate of drug-likeness (QED) is 0.782. The second kappa shape index (κ2) is 7.57. The van der Waals surface area contributed by atoms with Crippen LogP contribution in [0.15, 0.2) is 24.3 Å². The molecule has 0 saturated heterocycles. The molecule has 1 atom stereocenters. The van der Waals surface area contributed by atoms with Crippen LogP contribution < -0.4 is 11.1 Å². The summed E-state index contributed by atoms with van der Waals surface area (Å²) in [6.45, 7) is 2.94. The van der Waals surface area contributed by atoms with Crippen LogP contribution in [0, 0.1) is 11.8 Å². The first-order chi connectivity index (χ1) is 9.06. The summed E-state index contributed by atoms with van der Waals surface area (Å²) in [6.07, 6.45) is 0. The van der Waals surface area contributed by atoms with Gasteiger partial charge in [-0.2, -0.15) is 0 Å². The Hall–Kier alpha value is -1.83. The zero-order valence-corrected chi connectivity index (χ0v) is 11.7. The van der Waals surface area contributed by atoms with Crippen molar-refractivity contribution in [1.29, 1.82) is 0 Å². The van der Waals surface area contributed by atoms with Gasteiger partial charge in [-0.3, -0.25) is 4.79 Å². The molecule has 0 heterocycles. The van der Waals surface area contributed by atoms with Crippen molar-refractivity contribution in [3.8, 4) is 11.8 Å². The van der Waals surface area contributed by atoms with E-state index in [4.69, 9.17) is 5.73 Å². The van der Waals surface area contributed by atoms with Gasteiger partial charge in [-0.05, 0) is 33.2 Å². The fourth-order valence-corrected chi connectivity index (χ4v) is 1.45. The molecule has 1 amide bonds. The lowest BCUT2D eigenvalue weighted by Gasteiger charge is -2.20. The molecule has 4 heteroatoms. The molecule has 0 saturated carbocycles. The first kappa shape index (κ1) is 15.2. The van der Waals surface area contributed by atoms with E-state index in [1.54, 1.807) is 6.07 Å². The molecule has 1 aromatic carbocycles. The zero-order chi connectivity index (χ0) is 14.3. The van der Waals surface area contributed by atoms with Gasteiger partial charge in [0.05, 0.1) is 12.1 Å². The van der Waals surface area contributed by atoms with Crippen LogP contribution in [0.5, 0.6) is 0 Å². The average molecular weight is 259 g/mol. The predicted molar refractivity (Wildman–Crippen MR) is 77.9 cm³/mol. The molecule has 0 aliphatic carbocycles. The van der Waals surface area contributed by atoms with Crippen LogP contribution in [0.2, 0.25) is 0 Å². The molecule has 0 aromatic heterocycles. The van der Waals surface area contributed by atoms with Gasteiger partial charge in [-0.25, -0.2) is 0 Å². The van der Waals surface area contributed by atoms with Gasteiger partial charge in [0.2, 0.25) is 0 Å². The minimum atomic E-state index is -0.101. The van der Waals surface area contributed by atoms with E-state index in [0.29, 0.717) is 17.7 Å². The van der Waals surface area contributed by atoms with Crippen LogP contribution in [0.3, 0.4) is 0 Å². The van der Waals surface area contributed by atoms with Crippen molar-refractivity contribution in [2.45, 2.75) is 13.0 Å². The topological polar surface area (TPSA) is 58.4 Å². The van der Waals surface area contributed by atoms with Crippen LogP contribution in [-0.2, 0) is 0 Å². The van der Waals surface area contributed by atoms with Crippen LogP contribution >= 0.6 is 0 Å². The van der Waals surface area contributed by atoms with Crippen molar-refractivity contribution in [3.05, 3.63) is 35.4 Å². The molecular weight excluding hydrogens is 238 g/mol. The number of hydrogen-bond donors (Lipinski definition) is 2. The third-order valence-corrected chi connectivity index (χ3v) is 2.94. The van der Waals surface area contributed by atoms with E-state index in [2.05, 4.69) is 29.0 Å². The Morgan fingerprint density at radius 1 is 1.42 bits per heavy atom. The third kappa shape index (κ3) is 4.74. The molecule has 102 valence electrons. The van der Waals surface area contributed by atoms with E-state index in [-0.39, 0.29) is 18.5 Å². The van der Waals surface area contributed by atoms with E-state index in [1.807, 2.05) is 32.3 Å².